The lowest BCUT2D eigenvalue weighted by molar-refractivity contribution is -0.120. The molecule has 2 aromatic heterocycles. The SMILES string of the molecule is COC(=O)c1ccccc1N1C(=O)C(Sc2nc(C)cc(C)c2C#N)=C(Sc2nc(C)cc(C)c2C#N)C1=O. The Labute approximate surface area is 233 Å². The summed E-state index contributed by atoms with van der Waals surface area (Å²) in [7, 11) is 1.21. The smallest absolute Gasteiger partial charge is 0.339 e. The van der Waals surface area contributed by atoms with E-state index in [2.05, 4.69) is 22.1 Å². The molecule has 1 aliphatic heterocycles. The van der Waals surface area contributed by atoms with Gasteiger partial charge in [-0.3, -0.25) is 9.59 Å². The molecule has 0 radical (unpaired) electrons. The average Bonchev–Trinajstić information content (AvgIpc) is 3.11. The highest BCUT2D eigenvalue weighted by atomic mass is 32.2. The molecule has 1 aliphatic rings. The standard InChI is InChI=1S/C28H21N5O4S2/c1-14-10-16(3)31-24(19(14)12-29)38-22-23(39-25-20(13-30)15(2)11-17(4)32-25)27(35)33(26(22)34)21-9-7-6-8-18(21)28(36)37-5/h6-11H,1-5H3. The number of nitriles is 2. The highest BCUT2D eigenvalue weighted by Crippen LogP contribution is 2.45. The minimum atomic E-state index is -0.716. The molecular weight excluding hydrogens is 534 g/mol. The van der Waals surface area contributed by atoms with E-state index in [0.29, 0.717) is 22.5 Å². The topological polar surface area (TPSA) is 137 Å². The molecule has 3 aromatic rings. The number of para-hydroxylation sites is 1. The van der Waals surface area contributed by atoms with E-state index >= 15 is 0 Å². The van der Waals surface area contributed by atoms with Gasteiger partial charge in [0.25, 0.3) is 11.8 Å². The van der Waals surface area contributed by atoms with Gasteiger partial charge in [0, 0.05) is 11.4 Å². The van der Waals surface area contributed by atoms with E-state index in [0.717, 1.165) is 28.4 Å². The third-order valence-electron chi connectivity index (χ3n) is 5.80. The molecule has 0 bridgehead atoms. The third kappa shape index (κ3) is 5.15. The molecule has 0 atom stereocenters. The van der Waals surface area contributed by atoms with Gasteiger partial charge in [-0.2, -0.15) is 10.5 Å². The number of ether oxygens (including phenoxy) is 1. The van der Waals surface area contributed by atoms with Crippen molar-refractivity contribution in [1.29, 1.82) is 10.5 Å². The summed E-state index contributed by atoms with van der Waals surface area (Å²) in [4.78, 5) is 50.1. The molecule has 0 N–H and O–H groups in total. The Balaban J connectivity index is 1.92. The van der Waals surface area contributed by atoms with Gasteiger partial charge in [0.15, 0.2) is 0 Å². The number of thioether (sulfide) groups is 2. The van der Waals surface area contributed by atoms with Crippen LogP contribution in [0.15, 0.2) is 56.3 Å². The molecule has 0 fully saturated rings. The highest BCUT2D eigenvalue weighted by molar-refractivity contribution is 8.08. The number of aryl methyl sites for hydroxylation is 4. The van der Waals surface area contributed by atoms with Gasteiger partial charge in [0.1, 0.15) is 22.2 Å². The van der Waals surface area contributed by atoms with Crippen molar-refractivity contribution in [2.45, 2.75) is 37.7 Å². The first-order valence-corrected chi connectivity index (χ1v) is 13.2. The van der Waals surface area contributed by atoms with Crippen LogP contribution in [0.5, 0.6) is 0 Å². The van der Waals surface area contributed by atoms with E-state index in [9.17, 15) is 24.9 Å². The number of carbonyl (C=O) groups excluding carboxylic acids is 3. The van der Waals surface area contributed by atoms with Crippen LogP contribution >= 0.6 is 23.5 Å². The van der Waals surface area contributed by atoms with Crippen molar-refractivity contribution in [1.82, 2.24) is 9.97 Å². The lowest BCUT2D eigenvalue weighted by Crippen LogP contribution is -2.32. The molecule has 2 amide bonds. The molecule has 4 rings (SSSR count). The van der Waals surface area contributed by atoms with Crippen LogP contribution in [-0.2, 0) is 14.3 Å². The second-order valence-corrected chi connectivity index (χ2v) is 10.6. The monoisotopic (exact) mass is 555 g/mol. The van der Waals surface area contributed by atoms with Crippen LogP contribution in [-0.4, -0.2) is 34.9 Å². The zero-order chi connectivity index (χ0) is 28.4. The number of methoxy groups -OCH3 is 1. The second kappa shape index (κ2) is 11.1. The molecule has 0 saturated carbocycles. The zero-order valence-corrected chi connectivity index (χ0v) is 23.3. The Morgan fingerprint density at radius 3 is 1.74 bits per heavy atom. The van der Waals surface area contributed by atoms with Crippen LogP contribution in [0, 0.1) is 50.4 Å². The fraction of sp³-hybridized carbons (Fsp3) is 0.179. The zero-order valence-electron chi connectivity index (χ0n) is 21.6. The number of nitrogens with zero attached hydrogens (tertiary/aromatic N) is 5. The molecular formula is C28H21N5O4S2. The Morgan fingerprint density at radius 2 is 1.31 bits per heavy atom. The maximum Gasteiger partial charge on any atom is 0.339 e. The van der Waals surface area contributed by atoms with Crippen molar-refractivity contribution in [3.05, 3.63) is 85.4 Å². The molecule has 1 aromatic carbocycles. The van der Waals surface area contributed by atoms with E-state index in [4.69, 9.17) is 4.74 Å². The molecule has 9 nitrogen and oxygen atoms in total. The van der Waals surface area contributed by atoms with Crippen LogP contribution in [0.25, 0.3) is 0 Å². The van der Waals surface area contributed by atoms with E-state index in [1.54, 1.807) is 52.0 Å². The van der Waals surface area contributed by atoms with Crippen molar-refractivity contribution in [3.8, 4) is 12.1 Å². The number of imide groups is 1. The maximum atomic E-state index is 13.9. The van der Waals surface area contributed by atoms with E-state index < -0.39 is 17.8 Å². The maximum absolute atomic E-state index is 13.9. The third-order valence-corrected chi connectivity index (χ3v) is 8.07. The molecule has 11 heteroatoms. The molecule has 39 heavy (non-hydrogen) atoms. The summed E-state index contributed by atoms with van der Waals surface area (Å²) in [6, 6.07) is 13.9. The number of aromatic nitrogens is 2. The van der Waals surface area contributed by atoms with Crippen LogP contribution in [0.4, 0.5) is 5.69 Å². The number of carbonyl (C=O) groups is 3. The highest BCUT2D eigenvalue weighted by Gasteiger charge is 2.43. The van der Waals surface area contributed by atoms with Crippen molar-refractivity contribution < 1.29 is 19.1 Å². The van der Waals surface area contributed by atoms with Crippen molar-refractivity contribution in [2.24, 2.45) is 0 Å². The van der Waals surface area contributed by atoms with Gasteiger partial charge < -0.3 is 4.74 Å². The molecule has 194 valence electrons. The van der Waals surface area contributed by atoms with Crippen LogP contribution in [0.2, 0.25) is 0 Å². The fourth-order valence-electron chi connectivity index (χ4n) is 4.06. The van der Waals surface area contributed by atoms with E-state index in [-0.39, 0.29) is 42.2 Å². The lowest BCUT2D eigenvalue weighted by atomic mass is 10.1. The van der Waals surface area contributed by atoms with Crippen LogP contribution < -0.4 is 4.90 Å². The predicted molar refractivity (Wildman–Crippen MR) is 146 cm³/mol. The van der Waals surface area contributed by atoms with Crippen LogP contribution in [0.1, 0.15) is 44.0 Å². The first kappa shape index (κ1) is 27.6. The first-order valence-electron chi connectivity index (χ1n) is 11.5. The van der Waals surface area contributed by atoms with Crippen molar-refractivity contribution >= 4 is 47.0 Å². The van der Waals surface area contributed by atoms with Gasteiger partial charge in [0.05, 0.1) is 39.3 Å². The fourth-order valence-corrected chi connectivity index (χ4v) is 6.41. The van der Waals surface area contributed by atoms with E-state index in [1.165, 1.54) is 19.2 Å². The van der Waals surface area contributed by atoms with Crippen molar-refractivity contribution in [2.75, 3.05) is 12.0 Å². The minimum Gasteiger partial charge on any atom is -0.465 e. The quantitative estimate of drug-likeness (QED) is 0.305. The Morgan fingerprint density at radius 1 is 0.846 bits per heavy atom. The molecule has 0 aliphatic carbocycles. The van der Waals surface area contributed by atoms with Gasteiger partial charge in [0.2, 0.25) is 0 Å². The molecule has 3 heterocycles. The summed E-state index contributed by atoms with van der Waals surface area (Å²) in [6.07, 6.45) is 0. The largest absolute Gasteiger partial charge is 0.465 e. The number of anilines is 1. The number of benzene rings is 1. The summed E-state index contributed by atoms with van der Waals surface area (Å²) in [5, 5.41) is 20.1. The van der Waals surface area contributed by atoms with Gasteiger partial charge >= 0.3 is 5.97 Å². The number of hydrogen-bond donors (Lipinski definition) is 0. The minimum absolute atomic E-state index is 0.00326. The number of rotatable bonds is 6. The summed E-state index contributed by atoms with van der Waals surface area (Å²) >= 11 is 1.79. The molecule has 0 saturated heterocycles. The average molecular weight is 556 g/mol. The van der Waals surface area contributed by atoms with Gasteiger partial charge in [-0.1, -0.05) is 35.7 Å². The number of amides is 2. The van der Waals surface area contributed by atoms with Gasteiger partial charge in [-0.25, -0.2) is 19.7 Å². The number of hydrogen-bond acceptors (Lipinski definition) is 10. The molecule has 0 spiro atoms. The predicted octanol–water partition coefficient (Wildman–Crippen LogP) is 4.91. The summed E-state index contributed by atoms with van der Waals surface area (Å²) in [6.45, 7) is 7.06. The van der Waals surface area contributed by atoms with Gasteiger partial charge in [-0.05, 0) is 63.1 Å². The van der Waals surface area contributed by atoms with Crippen LogP contribution in [0.3, 0.4) is 0 Å². The Bertz CT molecular complexity index is 1590. The first-order chi connectivity index (χ1) is 18.6. The number of esters is 1. The van der Waals surface area contributed by atoms with E-state index in [1.807, 2.05) is 0 Å². The summed E-state index contributed by atoms with van der Waals surface area (Å²) < 4.78 is 4.86. The summed E-state index contributed by atoms with van der Waals surface area (Å²) in [5.74, 6) is -2.11. The lowest BCUT2D eigenvalue weighted by Gasteiger charge is -2.18. The Hall–Kier alpha value is -4.45. The van der Waals surface area contributed by atoms with Crippen molar-refractivity contribution in [3.63, 3.8) is 0 Å². The Kier molecular flexibility index (Phi) is 7.86. The van der Waals surface area contributed by atoms with Gasteiger partial charge in [-0.15, -0.1) is 0 Å². The second-order valence-electron chi connectivity index (χ2n) is 8.56. The normalized spacial score (nSPS) is 12.9. The summed E-state index contributed by atoms with van der Waals surface area (Å²) in [5.41, 5.74) is 3.26. The number of pyridine rings is 2. The molecule has 0 unspecified atom stereocenters.